The zero-order chi connectivity index (χ0) is 12.6. The van der Waals surface area contributed by atoms with Crippen molar-refractivity contribution in [2.24, 2.45) is 23.7 Å². The van der Waals surface area contributed by atoms with E-state index in [9.17, 15) is 9.59 Å². The second-order valence-electron chi connectivity index (χ2n) is 5.95. The van der Waals surface area contributed by atoms with Crippen LogP contribution in [0.4, 0.5) is 0 Å². The molecule has 0 saturated heterocycles. The fourth-order valence-electron chi connectivity index (χ4n) is 2.91. The van der Waals surface area contributed by atoms with E-state index in [4.69, 9.17) is 5.11 Å². The summed E-state index contributed by atoms with van der Waals surface area (Å²) in [7, 11) is 0. The van der Waals surface area contributed by atoms with Gasteiger partial charge >= 0.3 is 5.97 Å². The highest BCUT2D eigenvalue weighted by Gasteiger charge is 2.48. The average molecular weight is 239 g/mol. The third-order valence-electron chi connectivity index (χ3n) is 3.94. The highest BCUT2D eigenvalue weighted by atomic mass is 16.4. The van der Waals surface area contributed by atoms with Crippen LogP contribution in [0.15, 0.2) is 0 Å². The van der Waals surface area contributed by atoms with Gasteiger partial charge in [0.15, 0.2) is 0 Å². The number of nitrogens with one attached hydrogen (secondary N) is 1. The van der Waals surface area contributed by atoms with E-state index in [1.807, 2.05) is 13.8 Å². The maximum Gasteiger partial charge on any atom is 0.326 e. The molecular weight excluding hydrogens is 218 g/mol. The van der Waals surface area contributed by atoms with Crippen LogP contribution in [-0.4, -0.2) is 23.0 Å². The Morgan fingerprint density at radius 2 is 1.82 bits per heavy atom. The molecule has 0 bridgehead atoms. The molecule has 4 nitrogen and oxygen atoms in total. The SMILES string of the molecule is CC(C)C[C@H](NC(=O)C1CC2CC2C1)C(=O)O. The van der Waals surface area contributed by atoms with E-state index in [0.29, 0.717) is 6.42 Å². The van der Waals surface area contributed by atoms with E-state index < -0.39 is 12.0 Å². The largest absolute Gasteiger partial charge is 0.480 e. The van der Waals surface area contributed by atoms with Crippen LogP contribution in [0.25, 0.3) is 0 Å². The minimum atomic E-state index is -0.921. The first-order chi connectivity index (χ1) is 7.97. The minimum absolute atomic E-state index is 0.0507. The summed E-state index contributed by atoms with van der Waals surface area (Å²) < 4.78 is 0. The number of hydrogen-bond acceptors (Lipinski definition) is 2. The van der Waals surface area contributed by atoms with Crippen molar-refractivity contribution in [3.05, 3.63) is 0 Å². The highest BCUT2D eigenvalue weighted by molar-refractivity contribution is 5.85. The van der Waals surface area contributed by atoms with Gasteiger partial charge in [-0.25, -0.2) is 4.79 Å². The minimum Gasteiger partial charge on any atom is -0.480 e. The van der Waals surface area contributed by atoms with Gasteiger partial charge in [-0.2, -0.15) is 0 Å². The van der Waals surface area contributed by atoms with Crippen LogP contribution in [0.5, 0.6) is 0 Å². The summed E-state index contributed by atoms with van der Waals surface area (Å²) in [4.78, 5) is 23.0. The van der Waals surface area contributed by atoms with Crippen LogP contribution in [0.2, 0.25) is 0 Å². The maximum atomic E-state index is 11.9. The van der Waals surface area contributed by atoms with Crippen molar-refractivity contribution >= 4 is 11.9 Å². The number of hydrogen-bond donors (Lipinski definition) is 2. The highest BCUT2D eigenvalue weighted by Crippen LogP contribution is 2.54. The Morgan fingerprint density at radius 3 is 2.29 bits per heavy atom. The molecule has 0 heterocycles. The van der Waals surface area contributed by atoms with Crippen molar-refractivity contribution in [3.8, 4) is 0 Å². The molecule has 0 spiro atoms. The van der Waals surface area contributed by atoms with Gasteiger partial charge in [-0.3, -0.25) is 4.79 Å². The number of aliphatic carboxylic acids is 1. The third kappa shape index (κ3) is 2.99. The molecule has 3 atom stereocenters. The molecule has 0 radical (unpaired) electrons. The van der Waals surface area contributed by atoms with E-state index in [1.165, 1.54) is 6.42 Å². The number of rotatable bonds is 5. The van der Waals surface area contributed by atoms with Gasteiger partial charge in [0, 0.05) is 5.92 Å². The van der Waals surface area contributed by atoms with Crippen molar-refractivity contribution in [1.82, 2.24) is 5.32 Å². The Hall–Kier alpha value is -1.06. The van der Waals surface area contributed by atoms with Gasteiger partial charge in [-0.05, 0) is 43.4 Å². The molecule has 2 saturated carbocycles. The molecule has 2 rings (SSSR count). The molecular formula is C13H21NO3. The summed E-state index contributed by atoms with van der Waals surface area (Å²) in [6.45, 7) is 3.93. The first kappa shape index (κ1) is 12.4. The number of carbonyl (C=O) groups excluding carboxylic acids is 1. The lowest BCUT2D eigenvalue weighted by molar-refractivity contribution is -0.143. The van der Waals surface area contributed by atoms with E-state index in [2.05, 4.69) is 5.32 Å². The molecule has 17 heavy (non-hydrogen) atoms. The van der Waals surface area contributed by atoms with E-state index in [0.717, 1.165) is 24.7 Å². The van der Waals surface area contributed by atoms with Gasteiger partial charge in [0.25, 0.3) is 0 Å². The summed E-state index contributed by atoms with van der Waals surface area (Å²) in [6.07, 6.45) is 3.70. The van der Waals surface area contributed by atoms with E-state index >= 15 is 0 Å². The summed E-state index contributed by atoms with van der Waals surface area (Å²) in [5, 5.41) is 11.8. The number of amides is 1. The van der Waals surface area contributed by atoms with Gasteiger partial charge in [-0.15, -0.1) is 0 Å². The van der Waals surface area contributed by atoms with Gasteiger partial charge in [0.05, 0.1) is 0 Å². The summed E-state index contributed by atoms with van der Waals surface area (Å²) in [5.74, 6) is 0.861. The van der Waals surface area contributed by atoms with Gasteiger partial charge in [0.1, 0.15) is 6.04 Å². The molecule has 2 N–H and O–H groups in total. The monoisotopic (exact) mass is 239 g/mol. The quantitative estimate of drug-likeness (QED) is 0.766. The van der Waals surface area contributed by atoms with Crippen molar-refractivity contribution in [1.29, 1.82) is 0 Å². The second-order valence-corrected chi connectivity index (χ2v) is 5.95. The Morgan fingerprint density at radius 1 is 1.24 bits per heavy atom. The zero-order valence-electron chi connectivity index (χ0n) is 10.5. The number of carboxylic acid groups (broad SMARTS) is 1. The molecule has 2 fully saturated rings. The molecule has 1 amide bonds. The molecule has 96 valence electrons. The van der Waals surface area contributed by atoms with Crippen LogP contribution in [0, 0.1) is 23.7 Å². The number of carboxylic acids is 1. The first-order valence-electron chi connectivity index (χ1n) is 6.50. The normalized spacial score (nSPS) is 32.1. The van der Waals surface area contributed by atoms with Crippen LogP contribution < -0.4 is 5.32 Å². The Bertz CT molecular complexity index is 317. The lowest BCUT2D eigenvalue weighted by Crippen LogP contribution is -2.44. The topological polar surface area (TPSA) is 66.4 Å². The predicted molar refractivity (Wildman–Crippen MR) is 63.3 cm³/mol. The van der Waals surface area contributed by atoms with Gasteiger partial charge in [-0.1, -0.05) is 13.8 Å². The Labute approximate surface area is 102 Å². The van der Waals surface area contributed by atoms with Crippen LogP contribution in [0.1, 0.15) is 39.5 Å². The molecule has 4 heteroatoms. The van der Waals surface area contributed by atoms with Gasteiger partial charge < -0.3 is 10.4 Å². The van der Waals surface area contributed by atoms with Crippen LogP contribution in [-0.2, 0) is 9.59 Å². The third-order valence-corrected chi connectivity index (χ3v) is 3.94. The molecule has 2 unspecified atom stereocenters. The molecule has 0 aromatic rings. The maximum absolute atomic E-state index is 11.9. The second kappa shape index (κ2) is 4.67. The van der Waals surface area contributed by atoms with Crippen molar-refractivity contribution in [3.63, 3.8) is 0 Å². The lowest BCUT2D eigenvalue weighted by atomic mass is 10.00. The Kier molecular flexibility index (Phi) is 3.40. The van der Waals surface area contributed by atoms with E-state index in [-0.39, 0.29) is 17.7 Å². The zero-order valence-corrected chi connectivity index (χ0v) is 10.5. The predicted octanol–water partition coefficient (Wildman–Crippen LogP) is 1.65. The number of fused-ring (bicyclic) bond motifs is 1. The fraction of sp³-hybridized carbons (Fsp3) is 0.846. The fourth-order valence-corrected chi connectivity index (χ4v) is 2.91. The summed E-state index contributed by atoms with van der Waals surface area (Å²) in [6, 6.07) is -0.723. The molecule has 2 aliphatic carbocycles. The number of carbonyl (C=O) groups is 2. The smallest absolute Gasteiger partial charge is 0.326 e. The average Bonchev–Trinajstić information content (AvgIpc) is 2.84. The van der Waals surface area contributed by atoms with Crippen molar-refractivity contribution in [2.75, 3.05) is 0 Å². The standard InChI is InChI=1S/C13H21NO3/c1-7(2)3-11(13(16)17)14-12(15)10-5-8-4-9(8)6-10/h7-11H,3-6H2,1-2H3,(H,14,15)(H,16,17)/t8?,9?,10?,11-/m0/s1. The first-order valence-corrected chi connectivity index (χ1v) is 6.50. The van der Waals surface area contributed by atoms with Crippen molar-refractivity contribution in [2.45, 2.75) is 45.6 Å². The summed E-state index contributed by atoms with van der Waals surface area (Å²) in [5.41, 5.74) is 0. The molecule has 2 aliphatic rings. The van der Waals surface area contributed by atoms with Crippen molar-refractivity contribution < 1.29 is 14.7 Å². The van der Waals surface area contributed by atoms with E-state index in [1.54, 1.807) is 0 Å². The Balaban J connectivity index is 1.84. The summed E-state index contributed by atoms with van der Waals surface area (Å²) >= 11 is 0. The molecule has 0 aromatic heterocycles. The van der Waals surface area contributed by atoms with Crippen LogP contribution >= 0.6 is 0 Å². The lowest BCUT2D eigenvalue weighted by Gasteiger charge is -2.19. The molecule has 0 aliphatic heterocycles. The van der Waals surface area contributed by atoms with Crippen LogP contribution in [0.3, 0.4) is 0 Å². The molecule has 0 aromatic carbocycles. The van der Waals surface area contributed by atoms with Gasteiger partial charge in [0.2, 0.25) is 5.91 Å².